The van der Waals surface area contributed by atoms with Crippen LogP contribution in [0.1, 0.15) is 124 Å². The Morgan fingerprint density at radius 1 is 0.612 bits per heavy atom. The monoisotopic (exact) mass is 1070 g/mol. The van der Waals surface area contributed by atoms with Gasteiger partial charge in [-0.05, 0) is 103 Å². The molecule has 0 atom stereocenters. The van der Waals surface area contributed by atoms with Crippen LogP contribution in [0.3, 0.4) is 0 Å². The van der Waals surface area contributed by atoms with Gasteiger partial charge >= 0.3 is 0 Å². The Balaban J connectivity index is 0.00000880. The van der Waals surface area contributed by atoms with Crippen molar-refractivity contribution in [2.24, 2.45) is 0 Å². The number of pyridine rings is 1. The molecule has 2 heterocycles. The van der Waals surface area contributed by atoms with Crippen LogP contribution in [-0.2, 0) is 31.9 Å². The van der Waals surface area contributed by atoms with Crippen LogP contribution < -0.4 is 0 Å². The minimum absolute atomic E-state index is 0. The van der Waals surface area contributed by atoms with Gasteiger partial charge in [0.05, 0.1) is 24.8 Å². The van der Waals surface area contributed by atoms with Crippen molar-refractivity contribution in [2.75, 3.05) is 0 Å². The number of phenolic OH excluding ortho intramolecular Hbond substituents is 1. The topological polar surface area (TPSA) is 50.9 Å². The molecule has 2 aromatic heterocycles. The summed E-state index contributed by atoms with van der Waals surface area (Å²) >= 11 is 0. The Morgan fingerprint density at radius 3 is 1.90 bits per heavy atom. The maximum absolute atomic E-state index is 12.4. The van der Waals surface area contributed by atoms with E-state index in [2.05, 4.69) is 80.6 Å². The van der Waals surface area contributed by atoms with Crippen molar-refractivity contribution in [3.05, 3.63) is 192 Å². The van der Waals surface area contributed by atoms with Crippen LogP contribution in [0.4, 0.5) is 0 Å². The summed E-state index contributed by atoms with van der Waals surface area (Å²) in [6.07, 6.45) is 1.07. The summed E-state index contributed by atoms with van der Waals surface area (Å²) < 4.78 is 132. The number of phenols is 1. The molecule has 0 radical (unpaired) electrons. The first kappa shape index (κ1) is 31.6. The van der Waals surface area contributed by atoms with E-state index in [0.29, 0.717) is 39.1 Å². The summed E-state index contributed by atoms with van der Waals surface area (Å²) in [6.45, 7) is 3.08. The van der Waals surface area contributed by atoms with Crippen molar-refractivity contribution in [1.82, 2.24) is 14.5 Å². The molecule has 0 spiro atoms. The number of fused-ring (bicyclic) bond motifs is 1. The molecule has 0 aliphatic carbocycles. The first-order valence-corrected chi connectivity index (χ1v) is 22.1. The van der Waals surface area contributed by atoms with Gasteiger partial charge in [-0.1, -0.05) is 201 Å². The molecule has 0 fully saturated rings. The van der Waals surface area contributed by atoms with Crippen LogP contribution in [0, 0.1) is 6.07 Å². The molecular weight excluding hydrogens is 998 g/mol. The first-order valence-electron chi connectivity index (χ1n) is 29.6. The van der Waals surface area contributed by atoms with Crippen molar-refractivity contribution >= 4 is 11.0 Å². The third kappa shape index (κ3) is 9.61. The number of para-hydroxylation sites is 1. The van der Waals surface area contributed by atoms with Gasteiger partial charge in [0.2, 0.25) is 0 Å². The average Bonchev–Trinajstić information content (AvgIpc) is 2.68. The van der Waals surface area contributed by atoms with Crippen LogP contribution in [0.25, 0.3) is 83.9 Å². The summed E-state index contributed by atoms with van der Waals surface area (Å²) in [4.78, 5) is 10.1. The molecule has 0 bridgehead atoms. The Bertz CT molecular complexity index is 3850. The van der Waals surface area contributed by atoms with Crippen LogP contribution in [0.15, 0.2) is 164 Å². The van der Waals surface area contributed by atoms with Crippen LogP contribution in [-0.4, -0.2) is 19.6 Å². The van der Waals surface area contributed by atoms with E-state index in [1.54, 1.807) is 6.07 Å². The second-order valence-corrected chi connectivity index (χ2v) is 18.5. The smallest absolute Gasteiger partial charge is 0.148 e. The predicted molar refractivity (Wildman–Crippen MR) is 278 cm³/mol. The number of nitrogens with zero attached hydrogens (tertiary/aromatic N) is 3. The van der Waals surface area contributed by atoms with Gasteiger partial charge in [-0.15, -0.1) is 23.8 Å². The van der Waals surface area contributed by atoms with Gasteiger partial charge in [0, 0.05) is 51.0 Å². The number of aromatic nitrogens is 3. The average molecular weight is 1070 g/mol. The summed E-state index contributed by atoms with van der Waals surface area (Å²) in [5.74, 6) is 0.650. The Morgan fingerprint density at radius 2 is 1.27 bits per heavy atom. The fraction of sp³-hybridized carbons (Fsp3) is 0.226. The number of benzene rings is 7. The van der Waals surface area contributed by atoms with E-state index in [-0.39, 0.29) is 55.3 Å². The maximum atomic E-state index is 12.4. The Labute approximate surface area is 433 Å². The molecule has 0 aliphatic rings. The van der Waals surface area contributed by atoms with E-state index < -0.39 is 78.9 Å². The van der Waals surface area contributed by atoms with Crippen molar-refractivity contribution in [3.63, 3.8) is 0 Å². The van der Waals surface area contributed by atoms with Crippen molar-refractivity contribution in [2.45, 2.75) is 91.7 Å². The second kappa shape index (κ2) is 18.7. The molecule has 7 aromatic carbocycles. The molecule has 4 nitrogen and oxygen atoms in total. The summed E-state index contributed by atoms with van der Waals surface area (Å²) in [5.41, 5.74) is 3.37. The number of imidazole rings is 1. The van der Waals surface area contributed by atoms with Gasteiger partial charge in [0.15, 0.2) is 0 Å². The third-order valence-electron chi connectivity index (χ3n) is 11.9. The van der Waals surface area contributed by atoms with E-state index in [4.69, 9.17) is 21.4 Å². The fourth-order valence-electron chi connectivity index (χ4n) is 8.24. The van der Waals surface area contributed by atoms with Crippen molar-refractivity contribution in [3.8, 4) is 78.6 Å². The number of hydrogen-bond acceptors (Lipinski definition) is 3. The van der Waals surface area contributed by atoms with Gasteiger partial charge in [-0.25, -0.2) is 4.98 Å². The standard InChI is InChI=1S/C62H60N3O.Pt/c1-39(2)45-35-54(40(3)4)59(66)55(36-45)60-64-58-53(22-17-23-57(58)65(60)52-34-47(42-20-15-12-16-21-42)33-51(38-52)62(8,9)10)48-30-46(41-18-13-11-14-19-41)31-49(32-48)56-37-44(28-29-63-56)43-24-26-50(27-25-43)61(5,6)7;/h11-31,33-40,66H,1-10H3;/q-1;/i5D3,6D3,7D3,24D,25D,26D,27D,28D,37D;. The molecule has 0 amide bonds. The van der Waals surface area contributed by atoms with E-state index in [0.717, 1.165) is 45.3 Å². The van der Waals surface area contributed by atoms with Crippen molar-refractivity contribution < 1.29 is 46.7 Å². The quantitative estimate of drug-likeness (QED) is 0.147. The van der Waals surface area contributed by atoms with E-state index in [1.807, 2.05) is 98.8 Å². The van der Waals surface area contributed by atoms with Crippen LogP contribution in [0.2, 0.25) is 0 Å². The minimum Gasteiger partial charge on any atom is -0.507 e. The Kier molecular flexibility index (Phi) is 8.83. The molecule has 1 N–H and O–H groups in total. The maximum Gasteiger partial charge on any atom is 0.148 e. The predicted octanol–water partition coefficient (Wildman–Crippen LogP) is 16.8. The molecule has 9 rings (SSSR count). The second-order valence-electron chi connectivity index (χ2n) is 18.5. The molecule has 0 aliphatic heterocycles. The van der Waals surface area contributed by atoms with Gasteiger partial charge in [-0.3, -0.25) is 9.55 Å². The summed E-state index contributed by atoms with van der Waals surface area (Å²) in [5, 5.41) is 12.4. The molecule has 0 saturated carbocycles. The van der Waals surface area contributed by atoms with Gasteiger partial charge in [0.25, 0.3) is 0 Å². The first-order chi connectivity index (χ1) is 37.8. The zero-order valence-corrected chi connectivity index (χ0v) is 40.7. The van der Waals surface area contributed by atoms with E-state index >= 15 is 0 Å². The van der Waals surface area contributed by atoms with E-state index in [9.17, 15) is 9.22 Å². The van der Waals surface area contributed by atoms with E-state index in [1.165, 1.54) is 0 Å². The van der Waals surface area contributed by atoms with Gasteiger partial charge in [0.1, 0.15) is 11.6 Å². The van der Waals surface area contributed by atoms with Crippen molar-refractivity contribution in [1.29, 1.82) is 0 Å². The largest absolute Gasteiger partial charge is 0.507 e. The molecular formula is C62H60N3OPt-. The molecule has 0 saturated heterocycles. The fourth-order valence-corrected chi connectivity index (χ4v) is 8.24. The summed E-state index contributed by atoms with van der Waals surface area (Å²) in [7, 11) is 0. The minimum atomic E-state index is -3.90. The van der Waals surface area contributed by atoms with Crippen LogP contribution >= 0.6 is 0 Å². The van der Waals surface area contributed by atoms with Gasteiger partial charge < -0.3 is 5.11 Å². The molecule has 340 valence electrons. The van der Waals surface area contributed by atoms with Gasteiger partial charge in [-0.2, -0.15) is 0 Å². The zero-order valence-electron chi connectivity index (χ0n) is 53.4. The van der Waals surface area contributed by atoms with Crippen LogP contribution in [0.5, 0.6) is 5.75 Å². The number of rotatable bonds is 9. The summed E-state index contributed by atoms with van der Waals surface area (Å²) in [6, 6.07) is 37.3. The SMILES string of the molecule is [2H]c1cnc(-c2[c-]c(-c3cccc4c3nc(-c3cc(C(C)C)cc(C(C)C)c3O)n4-c3cc(-c4ccccc4)cc(C(C)(C)C)c3)cc(-c3ccccc3)c2)c([2H])c1-c1c([2H])c([2H])c(C(C([2H])([2H])[2H])(C([2H])([2H])[2H])C([2H])([2H])[2H])c([2H])c1[2H].[Pt]. The molecule has 67 heavy (non-hydrogen) atoms. The molecule has 9 aromatic rings. The molecule has 0 unspecified atom stereocenters. The zero-order chi connectivity index (χ0) is 59.2. The Hall–Kier alpha value is -6.35. The normalized spacial score (nSPS) is 15.7. The third-order valence-corrected chi connectivity index (χ3v) is 11.9. The molecule has 5 heteroatoms. The number of aromatic hydroxyl groups is 1. The number of hydrogen-bond donors (Lipinski definition) is 1.